The van der Waals surface area contributed by atoms with Crippen molar-refractivity contribution in [2.24, 2.45) is 0 Å². The second-order valence-electron chi connectivity index (χ2n) is 11.0. The molecule has 3 atom stereocenters. The lowest BCUT2D eigenvalue weighted by Crippen LogP contribution is -2.56. The number of rotatable bonds is 6. The highest BCUT2D eigenvalue weighted by molar-refractivity contribution is 7.13. The number of ether oxygens (including phenoxy) is 2. The fourth-order valence-corrected chi connectivity index (χ4v) is 5.98. The van der Waals surface area contributed by atoms with E-state index in [1.54, 1.807) is 16.5 Å². The number of amides is 1. The SMILES string of the molecule is CC(C)(C)OC(=O)N1C2CCC1CN(c1nc3c(C(OCc4nn[nH]n4)C(F)(F)F)ccc(-c4nccs4)c3o1)C2. The number of halogens is 3. The molecule has 16 heteroatoms. The molecule has 2 aliphatic heterocycles. The van der Waals surface area contributed by atoms with Gasteiger partial charge in [0.2, 0.25) is 0 Å². The number of fused-ring (bicyclic) bond motifs is 3. The lowest BCUT2D eigenvalue weighted by Gasteiger charge is -2.40. The Labute approximate surface area is 235 Å². The smallest absolute Gasteiger partial charge is 0.418 e. The van der Waals surface area contributed by atoms with Gasteiger partial charge in [-0.25, -0.2) is 9.78 Å². The number of carbonyl (C=O) groups is 1. The summed E-state index contributed by atoms with van der Waals surface area (Å²) < 4.78 is 60.1. The summed E-state index contributed by atoms with van der Waals surface area (Å²) in [5.74, 6) is -0.0194. The third kappa shape index (κ3) is 5.45. The lowest BCUT2D eigenvalue weighted by atomic mass is 10.0. The number of nitrogens with zero attached hydrogens (tertiary/aromatic N) is 7. The van der Waals surface area contributed by atoms with E-state index in [1.807, 2.05) is 25.7 Å². The number of aromatic amines is 1. The molecule has 2 fully saturated rings. The molecule has 12 nitrogen and oxygen atoms in total. The van der Waals surface area contributed by atoms with Crippen LogP contribution in [0.25, 0.3) is 21.7 Å². The van der Waals surface area contributed by atoms with Gasteiger partial charge in [-0.2, -0.15) is 23.4 Å². The molecule has 5 heterocycles. The molecule has 0 saturated carbocycles. The van der Waals surface area contributed by atoms with E-state index in [0.29, 0.717) is 23.7 Å². The highest BCUT2D eigenvalue weighted by Crippen LogP contribution is 2.44. The Morgan fingerprint density at radius 1 is 1.22 bits per heavy atom. The molecule has 2 saturated heterocycles. The largest absolute Gasteiger partial charge is 0.444 e. The van der Waals surface area contributed by atoms with Crippen LogP contribution in [0.2, 0.25) is 0 Å². The molecule has 4 aromatic rings. The number of tetrazole rings is 1. The Balaban J connectivity index is 1.36. The monoisotopic (exact) mass is 592 g/mol. The summed E-state index contributed by atoms with van der Waals surface area (Å²) in [5.41, 5.74) is -0.123. The Kier molecular flexibility index (Phi) is 6.84. The van der Waals surface area contributed by atoms with Crippen molar-refractivity contribution in [3.63, 3.8) is 0 Å². The molecule has 0 aliphatic carbocycles. The number of oxazole rings is 1. The molecular formula is C25H27F3N8O4S. The molecule has 41 heavy (non-hydrogen) atoms. The number of benzene rings is 1. The Hall–Kier alpha value is -3.79. The van der Waals surface area contributed by atoms with Crippen molar-refractivity contribution >= 4 is 34.5 Å². The molecule has 2 bridgehead atoms. The minimum atomic E-state index is -4.77. The number of anilines is 1. The van der Waals surface area contributed by atoms with Crippen molar-refractivity contribution in [3.05, 3.63) is 35.1 Å². The number of piperazine rings is 1. The van der Waals surface area contributed by atoms with E-state index in [1.165, 1.54) is 23.5 Å². The summed E-state index contributed by atoms with van der Waals surface area (Å²) >= 11 is 1.33. The van der Waals surface area contributed by atoms with Crippen molar-refractivity contribution < 1.29 is 31.9 Å². The molecule has 1 N–H and O–H groups in total. The summed E-state index contributed by atoms with van der Waals surface area (Å²) in [5, 5.41) is 15.3. The maximum atomic E-state index is 14.3. The molecule has 3 aromatic heterocycles. The molecular weight excluding hydrogens is 565 g/mol. The number of carbonyl (C=O) groups excluding carboxylic acids is 1. The van der Waals surface area contributed by atoms with Gasteiger partial charge in [-0.1, -0.05) is 11.3 Å². The number of hydrogen-bond acceptors (Lipinski definition) is 11. The van der Waals surface area contributed by atoms with Crippen molar-refractivity contribution in [2.75, 3.05) is 18.0 Å². The van der Waals surface area contributed by atoms with Gasteiger partial charge in [0.25, 0.3) is 6.01 Å². The van der Waals surface area contributed by atoms with Crippen LogP contribution in [0, 0.1) is 0 Å². The molecule has 3 unspecified atom stereocenters. The van der Waals surface area contributed by atoms with Crippen LogP contribution in [0.1, 0.15) is 51.1 Å². The molecule has 218 valence electrons. The summed E-state index contributed by atoms with van der Waals surface area (Å²) in [6.07, 6.45) is -4.31. The minimum absolute atomic E-state index is 0.0186. The molecule has 1 amide bonds. The topological polar surface area (TPSA) is 135 Å². The standard InChI is InChI=1S/C25H27F3N8O4S/c1-24(2,3)40-23(37)36-13-4-5-14(36)11-35(10-13)22-30-18-15(6-7-16(19(18)39-22)21-29-8-9-41-21)20(25(26,27)28)38-12-17-31-33-34-32-17/h6-9,13-14,20H,4-5,10-12H2,1-3H3,(H,31,32,33,34). The highest BCUT2D eigenvalue weighted by atomic mass is 32.1. The van der Waals surface area contributed by atoms with Crippen molar-refractivity contribution in [1.82, 2.24) is 35.5 Å². The van der Waals surface area contributed by atoms with Gasteiger partial charge in [0.1, 0.15) is 22.7 Å². The first kappa shape index (κ1) is 27.4. The third-order valence-electron chi connectivity index (χ3n) is 6.93. The number of thiazole rings is 1. The predicted octanol–water partition coefficient (Wildman–Crippen LogP) is 4.87. The van der Waals surface area contributed by atoms with Crippen LogP contribution in [-0.2, 0) is 16.1 Å². The highest BCUT2D eigenvalue weighted by Gasteiger charge is 2.47. The third-order valence-corrected chi connectivity index (χ3v) is 7.74. The minimum Gasteiger partial charge on any atom is -0.444 e. The van der Waals surface area contributed by atoms with Crippen LogP contribution in [0.3, 0.4) is 0 Å². The number of hydrogen-bond donors (Lipinski definition) is 1. The van der Waals surface area contributed by atoms with Crippen LogP contribution in [0.5, 0.6) is 0 Å². The molecule has 6 rings (SSSR count). The molecule has 2 aliphatic rings. The number of aromatic nitrogens is 6. The van der Waals surface area contributed by atoms with E-state index < -0.39 is 24.5 Å². The molecule has 0 radical (unpaired) electrons. The van der Waals surface area contributed by atoms with Crippen LogP contribution in [0.4, 0.5) is 24.0 Å². The zero-order valence-corrected chi connectivity index (χ0v) is 23.2. The first-order valence-corrected chi connectivity index (χ1v) is 13.9. The van der Waals surface area contributed by atoms with Crippen LogP contribution < -0.4 is 4.90 Å². The normalized spacial score (nSPS) is 20.1. The number of alkyl halides is 3. The summed E-state index contributed by atoms with van der Waals surface area (Å²) in [7, 11) is 0. The van der Waals surface area contributed by atoms with Gasteiger partial charge in [-0.05, 0) is 39.7 Å². The van der Waals surface area contributed by atoms with Gasteiger partial charge < -0.3 is 18.8 Å². The average Bonchev–Trinajstić information content (AvgIpc) is 3.69. The quantitative estimate of drug-likeness (QED) is 0.330. The van der Waals surface area contributed by atoms with Gasteiger partial charge in [0.05, 0.1) is 17.6 Å². The Bertz CT molecular complexity index is 1510. The fourth-order valence-electron chi connectivity index (χ4n) is 5.32. The molecule has 1 aromatic carbocycles. The van der Waals surface area contributed by atoms with Crippen molar-refractivity contribution in [2.45, 2.75) is 70.2 Å². The van der Waals surface area contributed by atoms with E-state index in [-0.39, 0.29) is 46.7 Å². The van der Waals surface area contributed by atoms with Gasteiger partial charge in [-0.3, -0.25) is 4.90 Å². The summed E-state index contributed by atoms with van der Waals surface area (Å²) in [4.78, 5) is 25.4. The van der Waals surface area contributed by atoms with E-state index in [9.17, 15) is 18.0 Å². The fraction of sp³-hybridized carbons (Fsp3) is 0.520. The van der Waals surface area contributed by atoms with Gasteiger partial charge >= 0.3 is 12.3 Å². The van der Waals surface area contributed by atoms with E-state index >= 15 is 0 Å². The van der Waals surface area contributed by atoms with Gasteiger partial charge in [0, 0.05) is 30.2 Å². The van der Waals surface area contributed by atoms with Gasteiger partial charge in [-0.15, -0.1) is 21.5 Å². The maximum Gasteiger partial charge on any atom is 0.418 e. The van der Waals surface area contributed by atoms with E-state index in [4.69, 9.17) is 13.9 Å². The summed E-state index contributed by atoms with van der Waals surface area (Å²) in [6, 6.07) is 2.76. The lowest BCUT2D eigenvalue weighted by molar-refractivity contribution is -0.227. The van der Waals surface area contributed by atoms with Crippen LogP contribution in [0.15, 0.2) is 28.1 Å². The van der Waals surface area contributed by atoms with Crippen molar-refractivity contribution in [1.29, 1.82) is 0 Å². The second-order valence-corrected chi connectivity index (χ2v) is 11.8. The Morgan fingerprint density at radius 2 is 1.98 bits per heavy atom. The predicted molar refractivity (Wildman–Crippen MR) is 140 cm³/mol. The molecule has 0 spiro atoms. The van der Waals surface area contributed by atoms with E-state index in [2.05, 4.69) is 30.6 Å². The van der Waals surface area contributed by atoms with E-state index in [0.717, 1.165) is 12.8 Å². The first-order valence-electron chi connectivity index (χ1n) is 13.0. The second kappa shape index (κ2) is 10.2. The number of nitrogens with one attached hydrogen (secondary N) is 1. The summed E-state index contributed by atoms with van der Waals surface area (Å²) in [6.45, 7) is 5.75. The number of H-pyrrole nitrogens is 1. The zero-order valence-electron chi connectivity index (χ0n) is 22.4. The first-order chi connectivity index (χ1) is 19.5. The van der Waals surface area contributed by atoms with Crippen molar-refractivity contribution in [3.8, 4) is 10.6 Å². The zero-order chi connectivity index (χ0) is 28.9. The van der Waals surface area contributed by atoms with Crippen LogP contribution in [-0.4, -0.2) is 78.5 Å². The van der Waals surface area contributed by atoms with Crippen LogP contribution >= 0.6 is 11.3 Å². The van der Waals surface area contributed by atoms with Gasteiger partial charge in [0.15, 0.2) is 17.5 Å². The maximum absolute atomic E-state index is 14.3. The Morgan fingerprint density at radius 3 is 2.59 bits per heavy atom. The average molecular weight is 593 g/mol.